The first kappa shape index (κ1) is 18.1. The highest BCUT2D eigenvalue weighted by Gasteiger charge is 2.18. The Morgan fingerprint density at radius 1 is 1.15 bits per heavy atom. The average molecular weight is 356 g/mol. The molecule has 1 aromatic heterocycles. The van der Waals surface area contributed by atoms with Crippen LogP contribution in [0.5, 0.6) is 0 Å². The fourth-order valence-electron chi connectivity index (χ4n) is 2.95. The normalized spacial score (nSPS) is 15.5. The maximum absolute atomic E-state index is 12.3. The molecule has 3 rings (SSSR count). The number of hydrogen-bond acceptors (Lipinski definition) is 5. The number of nitrogens with zero attached hydrogens (tertiary/aromatic N) is 3. The van der Waals surface area contributed by atoms with Crippen LogP contribution in [0.4, 0.5) is 0 Å². The predicted octanol–water partition coefficient (Wildman–Crippen LogP) is 1.63. The van der Waals surface area contributed by atoms with Crippen LogP contribution in [0.2, 0.25) is 0 Å². The molecule has 1 fully saturated rings. The van der Waals surface area contributed by atoms with Crippen molar-refractivity contribution in [3.05, 3.63) is 42.1 Å². The molecule has 0 unspecified atom stereocenters. The minimum absolute atomic E-state index is 0.0747. The minimum atomic E-state index is -0.334. The van der Waals surface area contributed by atoms with Gasteiger partial charge in [-0.15, -0.1) is 0 Å². The first-order chi connectivity index (χ1) is 12.6. The van der Waals surface area contributed by atoms with Crippen LogP contribution < -0.4 is 5.32 Å². The summed E-state index contributed by atoms with van der Waals surface area (Å²) in [6.07, 6.45) is 1.27. The van der Waals surface area contributed by atoms with Crippen LogP contribution in [0.25, 0.3) is 11.3 Å². The molecular formula is C19H24N4O3. The maximum Gasteiger partial charge on any atom is 0.273 e. The van der Waals surface area contributed by atoms with Gasteiger partial charge in [-0.2, -0.15) is 0 Å². The van der Waals surface area contributed by atoms with Gasteiger partial charge in [-0.1, -0.05) is 35.5 Å². The predicted molar refractivity (Wildman–Crippen MR) is 97.6 cm³/mol. The molecule has 0 bridgehead atoms. The Bertz CT molecular complexity index is 744. The molecule has 1 saturated heterocycles. The SMILES string of the molecule is CN1CCCN(C(=O)CCNC(=O)c2cc(-c3ccccc3)on2)CC1. The van der Waals surface area contributed by atoms with Crippen LogP contribution in [-0.4, -0.2) is 66.5 Å². The minimum Gasteiger partial charge on any atom is -0.355 e. The zero-order valence-electron chi connectivity index (χ0n) is 15.0. The van der Waals surface area contributed by atoms with Gasteiger partial charge < -0.3 is 19.6 Å². The molecule has 0 radical (unpaired) electrons. The van der Waals surface area contributed by atoms with Crippen LogP contribution in [0.3, 0.4) is 0 Å². The van der Waals surface area contributed by atoms with Gasteiger partial charge in [0, 0.05) is 44.2 Å². The molecule has 0 atom stereocenters. The molecular weight excluding hydrogens is 332 g/mol. The van der Waals surface area contributed by atoms with Gasteiger partial charge in [0.1, 0.15) is 0 Å². The molecule has 26 heavy (non-hydrogen) atoms. The molecule has 0 spiro atoms. The Labute approximate surface area is 152 Å². The first-order valence-corrected chi connectivity index (χ1v) is 8.90. The molecule has 0 aliphatic carbocycles. The summed E-state index contributed by atoms with van der Waals surface area (Å²) in [5.41, 5.74) is 1.08. The van der Waals surface area contributed by atoms with E-state index in [0.717, 1.165) is 38.2 Å². The summed E-state index contributed by atoms with van der Waals surface area (Å²) in [5, 5.41) is 6.55. The van der Waals surface area contributed by atoms with Crippen LogP contribution >= 0.6 is 0 Å². The van der Waals surface area contributed by atoms with Gasteiger partial charge in [-0.25, -0.2) is 0 Å². The standard InChI is InChI=1S/C19H24N4O3/c1-22-10-5-11-23(13-12-22)18(24)8-9-20-19(25)16-14-17(26-21-16)15-6-3-2-4-7-15/h2-4,6-7,14H,5,8-13H2,1H3,(H,20,25). The van der Waals surface area contributed by atoms with Gasteiger partial charge in [0.15, 0.2) is 11.5 Å². The maximum atomic E-state index is 12.3. The van der Waals surface area contributed by atoms with E-state index in [1.165, 1.54) is 0 Å². The van der Waals surface area contributed by atoms with Gasteiger partial charge in [-0.05, 0) is 20.0 Å². The fourth-order valence-corrected chi connectivity index (χ4v) is 2.95. The van der Waals surface area contributed by atoms with Crippen molar-refractivity contribution in [2.45, 2.75) is 12.8 Å². The lowest BCUT2D eigenvalue weighted by molar-refractivity contribution is -0.130. The van der Waals surface area contributed by atoms with Gasteiger partial charge in [-0.3, -0.25) is 9.59 Å². The monoisotopic (exact) mass is 356 g/mol. The van der Waals surface area contributed by atoms with Crippen LogP contribution in [0.15, 0.2) is 40.9 Å². The van der Waals surface area contributed by atoms with Crippen LogP contribution in [0, 0.1) is 0 Å². The van der Waals surface area contributed by atoms with Crippen molar-refractivity contribution in [1.82, 2.24) is 20.3 Å². The smallest absolute Gasteiger partial charge is 0.273 e. The molecule has 0 saturated carbocycles. The van der Waals surface area contributed by atoms with Crippen molar-refractivity contribution in [3.63, 3.8) is 0 Å². The molecule has 2 heterocycles. The summed E-state index contributed by atoms with van der Waals surface area (Å²) in [4.78, 5) is 28.6. The summed E-state index contributed by atoms with van der Waals surface area (Å²) < 4.78 is 5.23. The van der Waals surface area contributed by atoms with Gasteiger partial charge >= 0.3 is 0 Å². The molecule has 1 N–H and O–H groups in total. The van der Waals surface area contributed by atoms with E-state index in [-0.39, 0.29) is 24.1 Å². The highest BCUT2D eigenvalue weighted by molar-refractivity contribution is 5.93. The molecule has 7 heteroatoms. The third kappa shape index (κ3) is 4.70. The molecule has 2 aromatic rings. The van der Waals surface area contributed by atoms with Crippen molar-refractivity contribution in [2.24, 2.45) is 0 Å². The third-order valence-corrected chi connectivity index (χ3v) is 4.50. The highest BCUT2D eigenvalue weighted by atomic mass is 16.5. The van der Waals surface area contributed by atoms with E-state index in [4.69, 9.17) is 4.52 Å². The van der Waals surface area contributed by atoms with E-state index in [9.17, 15) is 9.59 Å². The summed E-state index contributed by atoms with van der Waals surface area (Å²) >= 11 is 0. The number of benzene rings is 1. The van der Waals surface area contributed by atoms with E-state index in [2.05, 4.69) is 22.4 Å². The number of nitrogens with one attached hydrogen (secondary N) is 1. The Balaban J connectivity index is 1.47. The largest absolute Gasteiger partial charge is 0.355 e. The van der Waals surface area contributed by atoms with E-state index in [1.54, 1.807) is 6.07 Å². The average Bonchev–Trinajstić information content (AvgIpc) is 3.05. The number of hydrogen-bond donors (Lipinski definition) is 1. The van der Waals surface area contributed by atoms with Crippen molar-refractivity contribution in [2.75, 3.05) is 39.8 Å². The Hall–Kier alpha value is -2.67. The van der Waals surface area contributed by atoms with Gasteiger partial charge in [0.25, 0.3) is 5.91 Å². The highest BCUT2D eigenvalue weighted by Crippen LogP contribution is 2.19. The van der Waals surface area contributed by atoms with E-state index in [1.807, 2.05) is 35.2 Å². The fraction of sp³-hybridized carbons (Fsp3) is 0.421. The number of amides is 2. The van der Waals surface area contributed by atoms with Crippen LogP contribution in [-0.2, 0) is 4.79 Å². The summed E-state index contributed by atoms with van der Waals surface area (Å²) in [5.74, 6) is 0.283. The Morgan fingerprint density at radius 3 is 2.77 bits per heavy atom. The second-order valence-electron chi connectivity index (χ2n) is 6.49. The van der Waals surface area contributed by atoms with Gasteiger partial charge in [0.05, 0.1) is 0 Å². The number of carbonyl (C=O) groups excluding carboxylic acids is 2. The zero-order valence-corrected chi connectivity index (χ0v) is 15.0. The number of carbonyl (C=O) groups is 2. The van der Waals surface area contributed by atoms with Crippen molar-refractivity contribution in [1.29, 1.82) is 0 Å². The lowest BCUT2D eigenvalue weighted by Crippen LogP contribution is -2.37. The summed E-state index contributed by atoms with van der Waals surface area (Å²) in [6, 6.07) is 11.1. The van der Waals surface area contributed by atoms with Gasteiger partial charge in [0.2, 0.25) is 5.91 Å². The van der Waals surface area contributed by atoms with Crippen LogP contribution in [0.1, 0.15) is 23.3 Å². The lowest BCUT2D eigenvalue weighted by atomic mass is 10.1. The number of likely N-dealkylation sites (N-methyl/N-ethyl adjacent to an activating group) is 1. The van der Waals surface area contributed by atoms with E-state index < -0.39 is 0 Å². The van der Waals surface area contributed by atoms with Crippen molar-refractivity contribution < 1.29 is 14.1 Å². The zero-order chi connectivity index (χ0) is 18.4. The van der Waals surface area contributed by atoms with E-state index in [0.29, 0.717) is 12.2 Å². The second-order valence-corrected chi connectivity index (χ2v) is 6.49. The molecule has 2 amide bonds. The molecule has 1 aromatic carbocycles. The van der Waals surface area contributed by atoms with E-state index >= 15 is 0 Å². The third-order valence-electron chi connectivity index (χ3n) is 4.50. The molecule has 138 valence electrons. The van der Waals surface area contributed by atoms with Crippen molar-refractivity contribution in [3.8, 4) is 11.3 Å². The Morgan fingerprint density at radius 2 is 1.96 bits per heavy atom. The number of aromatic nitrogens is 1. The quantitative estimate of drug-likeness (QED) is 0.881. The van der Waals surface area contributed by atoms with Crippen molar-refractivity contribution >= 4 is 11.8 Å². The molecule has 1 aliphatic rings. The Kier molecular flexibility index (Phi) is 6.01. The molecule has 1 aliphatic heterocycles. The summed E-state index contributed by atoms with van der Waals surface area (Å²) in [7, 11) is 2.07. The second kappa shape index (κ2) is 8.62. The molecule has 7 nitrogen and oxygen atoms in total. The summed E-state index contributed by atoms with van der Waals surface area (Å²) in [6.45, 7) is 3.71. The lowest BCUT2D eigenvalue weighted by Gasteiger charge is -2.20. The number of rotatable bonds is 5. The topological polar surface area (TPSA) is 78.7 Å². The first-order valence-electron chi connectivity index (χ1n) is 8.90.